The Morgan fingerprint density at radius 1 is 0.846 bits per heavy atom. The standard InChI is InChI=1S/C28H35N5O6/c1-16(2)24(27(37)32-23(28(38)39)13-18-14-30-21-11-7-6-10-19(18)21)33-26(36)22(31-25(35)20(29)15-34)12-17-8-4-3-5-9-17/h3-11,14,16,20,22-24,30,34H,12-13,15,29H2,1-2H3,(H,31,35)(H,32,37)(H,33,36)(H,38,39). The van der Waals surface area contributed by atoms with Gasteiger partial charge < -0.3 is 36.9 Å². The monoisotopic (exact) mass is 537 g/mol. The Bertz CT molecular complexity index is 1290. The summed E-state index contributed by atoms with van der Waals surface area (Å²) in [6.07, 6.45) is 1.86. The molecule has 3 amide bonds. The molecule has 3 aromatic rings. The Balaban J connectivity index is 1.75. The molecule has 11 heteroatoms. The number of aliphatic carboxylic acids is 1. The van der Waals surface area contributed by atoms with E-state index in [0.29, 0.717) is 0 Å². The van der Waals surface area contributed by atoms with Crippen LogP contribution in [-0.4, -0.2) is 69.7 Å². The molecule has 8 N–H and O–H groups in total. The van der Waals surface area contributed by atoms with E-state index >= 15 is 0 Å². The van der Waals surface area contributed by atoms with Gasteiger partial charge in [-0.15, -0.1) is 0 Å². The van der Waals surface area contributed by atoms with Gasteiger partial charge in [-0.3, -0.25) is 14.4 Å². The van der Waals surface area contributed by atoms with Gasteiger partial charge in [-0.25, -0.2) is 4.79 Å². The van der Waals surface area contributed by atoms with E-state index in [-0.39, 0.29) is 12.8 Å². The Labute approximate surface area is 226 Å². The minimum absolute atomic E-state index is 0.0373. The minimum Gasteiger partial charge on any atom is -0.480 e. The highest BCUT2D eigenvalue weighted by Crippen LogP contribution is 2.19. The van der Waals surface area contributed by atoms with Gasteiger partial charge >= 0.3 is 5.97 Å². The van der Waals surface area contributed by atoms with Crippen molar-refractivity contribution < 1.29 is 29.4 Å². The quantitative estimate of drug-likeness (QED) is 0.165. The van der Waals surface area contributed by atoms with Gasteiger partial charge in [0.15, 0.2) is 0 Å². The van der Waals surface area contributed by atoms with Crippen LogP contribution in [0.2, 0.25) is 0 Å². The minimum atomic E-state index is -1.24. The number of hydrogen-bond donors (Lipinski definition) is 7. The predicted molar refractivity (Wildman–Crippen MR) is 145 cm³/mol. The summed E-state index contributed by atoms with van der Waals surface area (Å²) in [5, 5.41) is 27.7. The molecule has 1 aromatic heterocycles. The lowest BCUT2D eigenvalue weighted by atomic mass is 9.99. The molecular formula is C28H35N5O6. The fraction of sp³-hybridized carbons (Fsp3) is 0.357. The molecule has 2 aromatic carbocycles. The predicted octanol–water partition coefficient (Wildman–Crippen LogP) is 0.468. The summed E-state index contributed by atoms with van der Waals surface area (Å²) < 4.78 is 0. The molecule has 208 valence electrons. The van der Waals surface area contributed by atoms with E-state index in [1.54, 1.807) is 44.3 Å². The van der Waals surface area contributed by atoms with Crippen LogP contribution < -0.4 is 21.7 Å². The van der Waals surface area contributed by atoms with E-state index in [2.05, 4.69) is 20.9 Å². The second-order valence-corrected chi connectivity index (χ2v) is 9.73. The molecule has 0 saturated carbocycles. The number of aliphatic hydroxyl groups is 1. The average Bonchev–Trinajstić information content (AvgIpc) is 3.33. The molecule has 0 fully saturated rings. The van der Waals surface area contributed by atoms with Gasteiger partial charge in [-0.2, -0.15) is 0 Å². The summed E-state index contributed by atoms with van der Waals surface area (Å²) in [6, 6.07) is 11.8. The SMILES string of the molecule is CC(C)C(NC(=O)C(Cc1ccccc1)NC(=O)C(N)CO)C(=O)NC(Cc1c[nH]c2ccccc12)C(=O)O. The normalized spacial score (nSPS) is 14.3. The van der Waals surface area contributed by atoms with Crippen LogP contribution >= 0.6 is 0 Å². The number of carbonyl (C=O) groups excluding carboxylic acids is 3. The van der Waals surface area contributed by atoms with Crippen LogP contribution in [0, 0.1) is 5.92 Å². The topological polar surface area (TPSA) is 187 Å². The molecule has 11 nitrogen and oxygen atoms in total. The van der Waals surface area contributed by atoms with Crippen molar-refractivity contribution in [3.05, 3.63) is 71.9 Å². The number of carbonyl (C=O) groups is 4. The number of carboxylic acid groups (broad SMARTS) is 1. The zero-order valence-electron chi connectivity index (χ0n) is 21.9. The largest absolute Gasteiger partial charge is 0.480 e. The van der Waals surface area contributed by atoms with Gasteiger partial charge in [-0.05, 0) is 23.1 Å². The van der Waals surface area contributed by atoms with Gasteiger partial charge in [0.25, 0.3) is 0 Å². The molecule has 4 unspecified atom stereocenters. The second-order valence-electron chi connectivity index (χ2n) is 9.73. The van der Waals surface area contributed by atoms with E-state index in [4.69, 9.17) is 5.73 Å². The number of fused-ring (bicyclic) bond motifs is 1. The summed E-state index contributed by atoms with van der Waals surface area (Å²) in [4.78, 5) is 54.1. The number of carboxylic acids is 1. The second kappa shape index (κ2) is 13.5. The van der Waals surface area contributed by atoms with Gasteiger partial charge in [-0.1, -0.05) is 62.4 Å². The average molecular weight is 538 g/mol. The number of rotatable bonds is 13. The summed E-state index contributed by atoms with van der Waals surface area (Å²) in [5.41, 5.74) is 7.95. The van der Waals surface area contributed by atoms with Crippen LogP contribution in [0.15, 0.2) is 60.8 Å². The smallest absolute Gasteiger partial charge is 0.326 e. The van der Waals surface area contributed by atoms with E-state index < -0.39 is 60.4 Å². The van der Waals surface area contributed by atoms with Gasteiger partial charge in [0, 0.05) is 29.9 Å². The van der Waals surface area contributed by atoms with Crippen molar-refractivity contribution in [2.24, 2.45) is 11.7 Å². The van der Waals surface area contributed by atoms with Crippen molar-refractivity contribution >= 4 is 34.6 Å². The van der Waals surface area contributed by atoms with Gasteiger partial charge in [0.05, 0.1) is 6.61 Å². The molecule has 0 aliphatic heterocycles. The Morgan fingerprint density at radius 3 is 2.13 bits per heavy atom. The first-order chi connectivity index (χ1) is 18.6. The molecular weight excluding hydrogens is 502 g/mol. The maximum atomic E-state index is 13.3. The van der Waals surface area contributed by atoms with E-state index in [0.717, 1.165) is 22.0 Å². The third-order valence-corrected chi connectivity index (χ3v) is 6.41. The van der Waals surface area contributed by atoms with Crippen molar-refractivity contribution in [1.82, 2.24) is 20.9 Å². The summed E-state index contributed by atoms with van der Waals surface area (Å²) in [7, 11) is 0. The first-order valence-electron chi connectivity index (χ1n) is 12.7. The van der Waals surface area contributed by atoms with Crippen molar-refractivity contribution in [3.8, 4) is 0 Å². The molecule has 4 atom stereocenters. The number of hydrogen-bond acceptors (Lipinski definition) is 6. The lowest BCUT2D eigenvalue weighted by molar-refractivity contribution is -0.142. The number of nitrogens with one attached hydrogen (secondary N) is 4. The molecule has 1 heterocycles. The number of aliphatic hydroxyl groups excluding tert-OH is 1. The molecule has 0 spiro atoms. The lowest BCUT2D eigenvalue weighted by Crippen LogP contribution is -2.59. The fourth-order valence-corrected chi connectivity index (χ4v) is 4.19. The molecule has 0 aliphatic carbocycles. The van der Waals surface area contributed by atoms with E-state index in [1.807, 2.05) is 30.3 Å². The first-order valence-corrected chi connectivity index (χ1v) is 12.7. The molecule has 0 aliphatic rings. The van der Waals surface area contributed by atoms with Crippen molar-refractivity contribution in [3.63, 3.8) is 0 Å². The van der Waals surface area contributed by atoms with E-state index in [1.165, 1.54) is 0 Å². The number of nitrogens with two attached hydrogens (primary N) is 1. The summed E-state index contributed by atoms with van der Waals surface area (Å²) in [5.74, 6) is -3.64. The summed E-state index contributed by atoms with van der Waals surface area (Å²) in [6.45, 7) is 2.83. The zero-order chi connectivity index (χ0) is 28.5. The highest BCUT2D eigenvalue weighted by molar-refractivity contribution is 5.94. The molecule has 0 saturated heterocycles. The number of benzene rings is 2. The van der Waals surface area contributed by atoms with Crippen LogP contribution in [0.4, 0.5) is 0 Å². The number of aromatic amines is 1. The maximum Gasteiger partial charge on any atom is 0.326 e. The highest BCUT2D eigenvalue weighted by atomic mass is 16.4. The number of aromatic nitrogens is 1. The van der Waals surface area contributed by atoms with Crippen LogP contribution in [0.1, 0.15) is 25.0 Å². The molecule has 0 bridgehead atoms. The van der Waals surface area contributed by atoms with Crippen LogP contribution in [-0.2, 0) is 32.0 Å². The number of para-hydroxylation sites is 1. The van der Waals surface area contributed by atoms with E-state index in [9.17, 15) is 29.4 Å². The van der Waals surface area contributed by atoms with Crippen LogP contribution in [0.25, 0.3) is 10.9 Å². The third-order valence-electron chi connectivity index (χ3n) is 6.41. The van der Waals surface area contributed by atoms with Crippen molar-refractivity contribution in [2.45, 2.75) is 50.9 Å². The highest BCUT2D eigenvalue weighted by Gasteiger charge is 2.32. The Morgan fingerprint density at radius 2 is 1.49 bits per heavy atom. The number of H-pyrrole nitrogens is 1. The molecule has 39 heavy (non-hydrogen) atoms. The van der Waals surface area contributed by atoms with Gasteiger partial charge in [0.2, 0.25) is 17.7 Å². The van der Waals surface area contributed by atoms with Crippen molar-refractivity contribution in [2.75, 3.05) is 6.61 Å². The van der Waals surface area contributed by atoms with Crippen LogP contribution in [0.5, 0.6) is 0 Å². The first kappa shape index (κ1) is 29.3. The molecule has 0 radical (unpaired) electrons. The Kier molecular flexibility index (Phi) is 10.2. The molecule has 3 rings (SSSR count). The lowest BCUT2D eigenvalue weighted by Gasteiger charge is -2.27. The van der Waals surface area contributed by atoms with Gasteiger partial charge in [0.1, 0.15) is 24.2 Å². The van der Waals surface area contributed by atoms with Crippen molar-refractivity contribution in [1.29, 1.82) is 0 Å². The third kappa shape index (κ3) is 7.88. The zero-order valence-corrected chi connectivity index (χ0v) is 21.9. The van der Waals surface area contributed by atoms with Crippen LogP contribution in [0.3, 0.4) is 0 Å². The Hall–Kier alpha value is -4.22. The number of amides is 3. The summed E-state index contributed by atoms with van der Waals surface area (Å²) >= 11 is 0. The fourth-order valence-electron chi connectivity index (χ4n) is 4.19. The maximum absolute atomic E-state index is 13.3.